The van der Waals surface area contributed by atoms with E-state index in [2.05, 4.69) is 252 Å². The summed E-state index contributed by atoms with van der Waals surface area (Å²) in [6, 6.07) is 81.8. The average Bonchev–Trinajstić information content (AvgIpc) is 3.92. The van der Waals surface area contributed by atoms with Crippen molar-refractivity contribution in [3.05, 3.63) is 293 Å². The van der Waals surface area contributed by atoms with Gasteiger partial charge in [0.1, 0.15) is 11.3 Å². The molecule has 0 N–H and O–H groups in total. The van der Waals surface area contributed by atoms with Crippen LogP contribution in [0.5, 0.6) is 0 Å². The molecule has 10 aromatic carbocycles. The molecule has 1 aliphatic rings. The Balaban J connectivity index is 0.000000204. The number of hydrogen-bond acceptors (Lipinski definition) is 2. The topological polar surface area (TPSA) is 16.4 Å². The molecule has 2 heteroatoms. The maximum atomic E-state index is 5.77. The number of fused-ring (bicyclic) bond motifs is 7. The molecular formula is C70H61NO. The number of nitrogens with zero attached hydrogens (tertiary/aromatic N) is 1. The van der Waals surface area contributed by atoms with Crippen molar-refractivity contribution < 1.29 is 4.42 Å². The molecule has 11 aromatic rings. The summed E-state index contributed by atoms with van der Waals surface area (Å²) in [7, 11) is 0. The van der Waals surface area contributed by atoms with Crippen molar-refractivity contribution in [1.82, 2.24) is 0 Å². The Labute approximate surface area is 425 Å². The van der Waals surface area contributed by atoms with E-state index in [9.17, 15) is 0 Å². The van der Waals surface area contributed by atoms with Gasteiger partial charge >= 0.3 is 0 Å². The first kappa shape index (κ1) is 47.2. The van der Waals surface area contributed by atoms with Crippen LogP contribution in [0.15, 0.2) is 242 Å². The molecular weight excluding hydrogens is 871 g/mol. The first-order chi connectivity index (χ1) is 35.2. The quantitative estimate of drug-likeness (QED) is 0.151. The molecule has 72 heavy (non-hydrogen) atoms. The molecule has 0 saturated heterocycles. The predicted octanol–water partition coefficient (Wildman–Crippen LogP) is 19.7. The molecule has 0 amide bonds. The number of furan rings is 1. The molecule has 2 nitrogen and oxygen atoms in total. The Bertz CT molecular complexity index is 3670. The van der Waals surface area contributed by atoms with E-state index < -0.39 is 5.41 Å². The van der Waals surface area contributed by atoms with Gasteiger partial charge in [0.2, 0.25) is 0 Å². The van der Waals surface area contributed by atoms with Crippen LogP contribution in [0.25, 0.3) is 55.8 Å². The highest BCUT2D eigenvalue weighted by Gasteiger charge is 2.47. The molecule has 1 aliphatic carbocycles. The summed E-state index contributed by atoms with van der Waals surface area (Å²) in [5.41, 5.74) is 18.0. The molecule has 0 atom stereocenters. The van der Waals surface area contributed by atoms with Crippen LogP contribution in [0.2, 0.25) is 0 Å². The van der Waals surface area contributed by atoms with Crippen molar-refractivity contribution in [2.24, 2.45) is 0 Å². The monoisotopic (exact) mass is 931 g/mol. The molecule has 12 rings (SSSR count). The molecule has 0 aliphatic heterocycles. The average molecular weight is 932 g/mol. The third-order valence-corrected chi connectivity index (χ3v) is 14.1. The van der Waals surface area contributed by atoms with E-state index in [4.69, 9.17) is 4.42 Å². The number of anilines is 3. The highest BCUT2D eigenvalue weighted by molar-refractivity contribution is 6.12. The standard InChI is InChI=1S/C47H35N.C16H18O.C7H8/c1-32-24-27-37(28-25-32)48(44-23-13-15-34-14-9-10-20-38(34)44)45-31-43-46(40-22-12-11-21-39(40)45)41-29-26-33(2)30-42(41)47(43,35-16-5-3-6-17-35)36-18-7-4-8-19-36;1-5-7-13-14-10-12(11(3)4)8-9-16(14)17-15(13)6-2;1-7-5-3-2-4-6-7/h3-31H,1-2H3;5-11H,2H2,1,3-4H3;2-6H,1H3/b;7-5-;. The van der Waals surface area contributed by atoms with Crippen LogP contribution < -0.4 is 4.90 Å². The Kier molecular flexibility index (Phi) is 13.4. The lowest BCUT2D eigenvalue weighted by molar-refractivity contribution is 0.603. The van der Waals surface area contributed by atoms with Crippen molar-refractivity contribution in [2.75, 3.05) is 4.90 Å². The lowest BCUT2D eigenvalue weighted by atomic mass is 9.67. The molecule has 0 unspecified atom stereocenters. The molecule has 352 valence electrons. The summed E-state index contributed by atoms with van der Waals surface area (Å²) in [5.74, 6) is 1.37. The van der Waals surface area contributed by atoms with Gasteiger partial charge in [-0.05, 0) is 126 Å². The highest BCUT2D eigenvalue weighted by Crippen LogP contribution is 2.60. The lowest BCUT2D eigenvalue weighted by Gasteiger charge is -2.35. The molecule has 0 fully saturated rings. The fourth-order valence-corrected chi connectivity index (χ4v) is 10.7. The zero-order chi connectivity index (χ0) is 49.8. The lowest BCUT2D eigenvalue weighted by Crippen LogP contribution is -2.29. The first-order valence-electron chi connectivity index (χ1n) is 25.2. The molecule has 0 bridgehead atoms. The van der Waals surface area contributed by atoms with Gasteiger partial charge in [-0.3, -0.25) is 0 Å². The normalized spacial score (nSPS) is 12.3. The zero-order valence-electron chi connectivity index (χ0n) is 42.2. The van der Waals surface area contributed by atoms with E-state index >= 15 is 0 Å². The van der Waals surface area contributed by atoms with Gasteiger partial charge in [-0.2, -0.15) is 0 Å². The number of allylic oxidation sites excluding steroid dienone is 1. The van der Waals surface area contributed by atoms with Crippen LogP contribution in [0.1, 0.15) is 82.5 Å². The van der Waals surface area contributed by atoms with E-state index in [0.717, 1.165) is 22.6 Å². The van der Waals surface area contributed by atoms with Crippen molar-refractivity contribution in [3.63, 3.8) is 0 Å². The predicted molar refractivity (Wildman–Crippen MR) is 309 cm³/mol. The second-order valence-corrected chi connectivity index (χ2v) is 19.2. The van der Waals surface area contributed by atoms with Crippen molar-refractivity contribution in [3.8, 4) is 11.1 Å². The van der Waals surface area contributed by atoms with E-state index in [0.29, 0.717) is 5.92 Å². The van der Waals surface area contributed by atoms with E-state index in [1.54, 1.807) is 6.08 Å². The van der Waals surface area contributed by atoms with Gasteiger partial charge in [-0.25, -0.2) is 0 Å². The van der Waals surface area contributed by atoms with E-state index in [1.807, 2.05) is 37.3 Å². The maximum absolute atomic E-state index is 5.77. The van der Waals surface area contributed by atoms with Gasteiger partial charge in [0.15, 0.2) is 0 Å². The zero-order valence-corrected chi connectivity index (χ0v) is 42.2. The van der Waals surface area contributed by atoms with Crippen LogP contribution in [-0.4, -0.2) is 0 Å². The van der Waals surface area contributed by atoms with Crippen molar-refractivity contribution in [2.45, 2.75) is 52.9 Å². The number of rotatable bonds is 8. The summed E-state index contributed by atoms with van der Waals surface area (Å²) < 4.78 is 5.77. The fraction of sp³-hybridized carbons (Fsp3) is 0.114. The smallest absolute Gasteiger partial charge is 0.135 e. The minimum Gasteiger partial charge on any atom is -0.456 e. The van der Waals surface area contributed by atoms with Gasteiger partial charge in [0.25, 0.3) is 0 Å². The third-order valence-electron chi connectivity index (χ3n) is 14.1. The Hall–Kier alpha value is -8.46. The van der Waals surface area contributed by atoms with E-state index in [-0.39, 0.29) is 0 Å². The first-order valence-corrected chi connectivity index (χ1v) is 25.2. The molecule has 1 heterocycles. The summed E-state index contributed by atoms with van der Waals surface area (Å²) >= 11 is 0. The van der Waals surface area contributed by atoms with Crippen molar-refractivity contribution >= 4 is 61.7 Å². The Morgan fingerprint density at radius 2 is 1.08 bits per heavy atom. The minimum absolute atomic E-state index is 0.504. The summed E-state index contributed by atoms with van der Waals surface area (Å²) in [6.07, 6.45) is 5.87. The fourth-order valence-electron chi connectivity index (χ4n) is 10.7. The second kappa shape index (κ2) is 20.5. The third kappa shape index (κ3) is 8.75. The van der Waals surface area contributed by atoms with Crippen LogP contribution >= 0.6 is 0 Å². The van der Waals surface area contributed by atoms with Gasteiger partial charge in [-0.1, -0.05) is 237 Å². The van der Waals surface area contributed by atoms with Gasteiger partial charge in [0, 0.05) is 27.4 Å². The van der Waals surface area contributed by atoms with Crippen LogP contribution in [0.4, 0.5) is 17.1 Å². The molecule has 0 radical (unpaired) electrons. The summed E-state index contributed by atoms with van der Waals surface area (Å²) in [5, 5.41) is 6.11. The number of benzene rings is 10. The van der Waals surface area contributed by atoms with Crippen LogP contribution in [0, 0.1) is 20.8 Å². The van der Waals surface area contributed by atoms with Gasteiger partial charge in [-0.15, -0.1) is 0 Å². The largest absolute Gasteiger partial charge is 0.456 e. The number of aryl methyl sites for hydroxylation is 3. The van der Waals surface area contributed by atoms with Crippen LogP contribution in [-0.2, 0) is 5.41 Å². The summed E-state index contributed by atoms with van der Waals surface area (Å²) in [4.78, 5) is 2.49. The van der Waals surface area contributed by atoms with Crippen LogP contribution in [0.3, 0.4) is 0 Å². The summed E-state index contributed by atoms with van der Waals surface area (Å²) in [6.45, 7) is 16.7. The van der Waals surface area contributed by atoms with Gasteiger partial charge < -0.3 is 9.32 Å². The Morgan fingerprint density at radius 1 is 0.500 bits per heavy atom. The highest BCUT2D eigenvalue weighted by atomic mass is 16.3. The SMILES string of the molecule is C=Cc1oc2ccc(C(C)C)cc2c1/C=C\C.Cc1ccc(N(c2cccc3ccccc23)c2cc3c(c4ccccc24)-c2ccc(C)cc2C3(c2ccccc2)c2ccccc2)cc1.Cc1ccccc1. The second-order valence-electron chi connectivity index (χ2n) is 19.2. The molecule has 0 saturated carbocycles. The van der Waals surface area contributed by atoms with Crippen molar-refractivity contribution in [1.29, 1.82) is 0 Å². The molecule has 1 aromatic heterocycles. The maximum Gasteiger partial charge on any atom is 0.135 e. The minimum atomic E-state index is -0.504. The number of hydrogen-bond donors (Lipinski definition) is 0. The van der Waals surface area contributed by atoms with E-state index in [1.165, 1.54) is 93.9 Å². The molecule has 0 spiro atoms. The Morgan fingerprint density at radius 3 is 1.71 bits per heavy atom. The van der Waals surface area contributed by atoms with Gasteiger partial charge in [0.05, 0.1) is 16.8 Å².